The van der Waals surface area contributed by atoms with Gasteiger partial charge in [0, 0.05) is 13.1 Å². The summed E-state index contributed by atoms with van der Waals surface area (Å²) in [5.74, 6) is -1.71. The quantitative estimate of drug-likeness (QED) is 0.467. The number of hydrogen-bond donors (Lipinski definition) is 4. The Labute approximate surface area is 172 Å². The van der Waals surface area contributed by atoms with Gasteiger partial charge in [-0.2, -0.15) is 0 Å². The smallest absolute Gasteiger partial charge is 0.434 e. The second-order valence-electron chi connectivity index (χ2n) is 8.49. The zero-order valence-electron chi connectivity index (χ0n) is 16.3. The van der Waals surface area contributed by atoms with E-state index in [1.54, 1.807) is 17.0 Å². The predicted octanol–water partition coefficient (Wildman–Crippen LogP) is -0.474. The van der Waals surface area contributed by atoms with Gasteiger partial charge in [0.25, 0.3) is 0 Å². The van der Waals surface area contributed by atoms with E-state index in [4.69, 9.17) is 14.1 Å². The second-order valence-corrected chi connectivity index (χ2v) is 8.49. The van der Waals surface area contributed by atoms with Crippen LogP contribution in [-0.2, 0) is 9.53 Å². The first-order valence-electron chi connectivity index (χ1n) is 10.3. The van der Waals surface area contributed by atoms with Crippen LogP contribution in [0.15, 0.2) is 12.1 Å². The molecule has 10 nitrogen and oxygen atoms in total. The van der Waals surface area contributed by atoms with Crippen LogP contribution in [0, 0.1) is 0 Å². The van der Waals surface area contributed by atoms with Crippen molar-refractivity contribution in [3.8, 4) is 11.5 Å². The summed E-state index contributed by atoms with van der Waals surface area (Å²) in [4.78, 5) is 25.9. The van der Waals surface area contributed by atoms with Crippen molar-refractivity contribution >= 4 is 18.6 Å². The summed E-state index contributed by atoms with van der Waals surface area (Å²) in [6, 6.07) is 3.31. The molecule has 5 rings (SSSR count). The number of hydrogen-bond acceptors (Lipinski definition) is 8. The number of morpholine rings is 1. The van der Waals surface area contributed by atoms with Crippen LogP contribution in [0.2, 0.25) is 5.82 Å². The summed E-state index contributed by atoms with van der Waals surface area (Å²) < 4.78 is 16.7. The highest BCUT2D eigenvalue weighted by atomic mass is 16.6. The highest BCUT2D eigenvalue weighted by Gasteiger charge is 2.55. The molecule has 162 valence electrons. The predicted molar refractivity (Wildman–Crippen MR) is 104 cm³/mol. The average molecular weight is 419 g/mol. The first-order chi connectivity index (χ1) is 14.3. The van der Waals surface area contributed by atoms with E-state index >= 15 is 0 Å². The largest absolute Gasteiger partial charge is 0.669 e. The second kappa shape index (κ2) is 7.12. The normalized spacial score (nSPS) is 29.1. The van der Waals surface area contributed by atoms with E-state index in [1.165, 1.54) is 0 Å². The molecule has 30 heavy (non-hydrogen) atoms. The summed E-state index contributed by atoms with van der Waals surface area (Å²) in [5.41, 5.74) is 0.454. The highest BCUT2D eigenvalue weighted by molar-refractivity contribution is 6.62. The van der Waals surface area contributed by atoms with Crippen LogP contribution in [0.3, 0.4) is 0 Å². The van der Waals surface area contributed by atoms with Gasteiger partial charge in [0.1, 0.15) is 17.4 Å². The Balaban J connectivity index is 1.25. The molecule has 3 aliphatic heterocycles. The maximum absolute atomic E-state index is 12.4. The molecule has 4 aliphatic rings. The Morgan fingerprint density at radius 1 is 1.30 bits per heavy atom. The molecular weight excluding hydrogens is 395 g/mol. The van der Waals surface area contributed by atoms with Crippen LogP contribution in [0.4, 0.5) is 0 Å². The monoisotopic (exact) mass is 419 g/mol. The molecule has 0 radical (unpaired) electrons. The minimum atomic E-state index is -3.08. The highest BCUT2D eigenvalue weighted by Crippen LogP contribution is 2.63. The number of carboxylic acid groups (broad SMARTS) is 1. The third kappa shape index (κ3) is 3.41. The number of carboxylic acids is 1. The van der Waals surface area contributed by atoms with Crippen molar-refractivity contribution in [1.82, 2.24) is 10.2 Å². The number of carbonyl (C=O) groups excluding carboxylic acids is 1. The molecule has 0 bridgehead atoms. The number of likely N-dealkylation sites (tertiary alicyclic amines) is 1. The number of carbonyl (C=O) groups is 2. The van der Waals surface area contributed by atoms with Crippen LogP contribution in [0.25, 0.3) is 0 Å². The van der Waals surface area contributed by atoms with E-state index in [0.29, 0.717) is 44.6 Å². The van der Waals surface area contributed by atoms with Crippen molar-refractivity contribution in [3.63, 3.8) is 0 Å². The molecule has 1 saturated carbocycles. The fourth-order valence-electron chi connectivity index (χ4n) is 4.58. The van der Waals surface area contributed by atoms with Gasteiger partial charge in [-0.05, 0) is 17.5 Å². The summed E-state index contributed by atoms with van der Waals surface area (Å²) in [6.45, 7) is -0.341. The Bertz CT molecular complexity index is 882. The lowest BCUT2D eigenvalue weighted by atomic mass is 9.68. The molecule has 1 amide bonds. The topological polar surface area (TPSA) is 138 Å². The molecule has 0 aromatic heterocycles. The van der Waals surface area contributed by atoms with Crippen molar-refractivity contribution < 1.29 is 38.9 Å². The van der Waals surface area contributed by atoms with E-state index in [2.05, 4.69) is 5.32 Å². The van der Waals surface area contributed by atoms with Gasteiger partial charge in [0.05, 0.1) is 38.0 Å². The van der Waals surface area contributed by atoms with Gasteiger partial charge in [-0.25, -0.2) is 4.79 Å². The van der Waals surface area contributed by atoms with Crippen LogP contribution < -0.4 is 14.7 Å². The molecule has 1 aromatic rings. The third-order valence-corrected chi connectivity index (χ3v) is 6.35. The van der Waals surface area contributed by atoms with Crippen molar-refractivity contribution in [2.75, 3.05) is 32.8 Å². The van der Waals surface area contributed by atoms with Crippen molar-refractivity contribution in [3.05, 3.63) is 23.3 Å². The minimum Gasteiger partial charge on any atom is -0.669 e. The maximum atomic E-state index is 12.4. The number of amides is 1. The van der Waals surface area contributed by atoms with Gasteiger partial charge in [-0.3, -0.25) is 4.79 Å². The number of benzene rings is 1. The Hall–Kier alpha value is -2.34. The fraction of sp³-hybridized carbons (Fsp3) is 0.579. The zero-order chi connectivity index (χ0) is 21.0. The van der Waals surface area contributed by atoms with Gasteiger partial charge < -0.3 is 39.5 Å². The van der Waals surface area contributed by atoms with Crippen molar-refractivity contribution in [2.45, 2.75) is 36.8 Å². The average Bonchev–Trinajstić information content (AvgIpc) is 3.46. The van der Waals surface area contributed by atoms with E-state index in [1.807, 2.05) is 0 Å². The molecule has 0 spiro atoms. The summed E-state index contributed by atoms with van der Waals surface area (Å²) in [5, 5.41) is 33.1. The van der Waals surface area contributed by atoms with Gasteiger partial charge in [-0.15, -0.1) is 0 Å². The lowest BCUT2D eigenvalue weighted by Crippen LogP contribution is -2.57. The fourth-order valence-corrected chi connectivity index (χ4v) is 4.58. The van der Waals surface area contributed by atoms with E-state index < -0.39 is 12.7 Å². The molecule has 11 heteroatoms. The van der Waals surface area contributed by atoms with E-state index in [0.717, 1.165) is 6.54 Å². The first-order valence-corrected chi connectivity index (χ1v) is 10.3. The maximum Gasteiger partial charge on any atom is 0.434 e. The SMILES string of the molecule is O=C(O)c1c(OC2CN(C(=O)C[C@H]3CNCCO3)C2)ccc2c1O[B-](O)(O)C1CC21. The minimum absolute atomic E-state index is 0.0244. The van der Waals surface area contributed by atoms with Gasteiger partial charge in [0.15, 0.2) is 0 Å². The van der Waals surface area contributed by atoms with Crippen molar-refractivity contribution in [2.24, 2.45) is 0 Å². The molecule has 4 N–H and O–H groups in total. The zero-order valence-corrected chi connectivity index (χ0v) is 16.3. The molecule has 2 saturated heterocycles. The van der Waals surface area contributed by atoms with E-state index in [-0.39, 0.29) is 46.9 Å². The Morgan fingerprint density at radius 2 is 2.10 bits per heavy atom. The number of ether oxygens (including phenoxy) is 2. The van der Waals surface area contributed by atoms with Gasteiger partial charge in [-0.1, -0.05) is 18.3 Å². The molecule has 2 unspecified atom stereocenters. The lowest BCUT2D eigenvalue weighted by Gasteiger charge is -2.41. The molecule has 1 aromatic carbocycles. The number of aromatic carboxylic acids is 1. The number of nitrogens with zero attached hydrogens (tertiary/aromatic N) is 1. The standard InChI is InChI=1S/C19H24BN2O8/c23-16(5-10-7-21-3-4-28-10)22-8-11(9-22)29-15-2-1-12-13-6-14(13)20(26,27)30-18(12)17(15)19(24)25/h1-2,10-11,13-14,21,26-27H,3-9H2,(H,24,25)/q-1/t10-,13?,14?/m0/s1. The summed E-state index contributed by atoms with van der Waals surface area (Å²) >= 11 is 0. The van der Waals surface area contributed by atoms with Crippen molar-refractivity contribution in [1.29, 1.82) is 0 Å². The van der Waals surface area contributed by atoms with Crippen LogP contribution in [0.1, 0.15) is 34.7 Å². The molecule has 3 heterocycles. The molecule has 3 atom stereocenters. The number of rotatable bonds is 5. The van der Waals surface area contributed by atoms with Crippen LogP contribution in [0.5, 0.6) is 11.5 Å². The molecule has 1 aliphatic carbocycles. The van der Waals surface area contributed by atoms with Crippen LogP contribution >= 0.6 is 0 Å². The first kappa shape index (κ1) is 19.6. The van der Waals surface area contributed by atoms with Gasteiger partial charge >= 0.3 is 12.7 Å². The van der Waals surface area contributed by atoms with E-state index in [9.17, 15) is 24.7 Å². The summed E-state index contributed by atoms with van der Waals surface area (Å²) in [6.07, 6.45) is 0.380. The third-order valence-electron chi connectivity index (χ3n) is 6.35. The number of nitrogens with one attached hydrogen (secondary N) is 1. The Kier molecular flexibility index (Phi) is 4.66. The number of fused-ring (bicyclic) bond motifs is 3. The molecule has 3 fully saturated rings. The van der Waals surface area contributed by atoms with Gasteiger partial charge in [0.2, 0.25) is 5.91 Å². The van der Waals surface area contributed by atoms with Crippen LogP contribution in [-0.4, -0.2) is 83.7 Å². The summed E-state index contributed by atoms with van der Waals surface area (Å²) in [7, 11) is 0. The molecular formula is C19H24BN2O8-. The lowest BCUT2D eigenvalue weighted by molar-refractivity contribution is -0.143. The Morgan fingerprint density at radius 3 is 2.80 bits per heavy atom.